The molecule has 15 heavy (non-hydrogen) atoms. The fourth-order valence-electron chi connectivity index (χ4n) is 2.36. The third kappa shape index (κ3) is 3.74. The molecule has 3 atom stereocenters. The Bertz CT molecular complexity index is 175. The first-order valence-electron chi connectivity index (χ1n) is 6.17. The Hall–Kier alpha value is -0.120. The molecule has 3 unspecified atom stereocenters. The van der Waals surface area contributed by atoms with Crippen LogP contribution < -0.4 is 5.32 Å². The molecule has 1 heterocycles. The fraction of sp³-hybridized carbons (Fsp3) is 1.00. The number of rotatable bonds is 5. The van der Waals surface area contributed by atoms with Gasteiger partial charge < -0.3 is 10.1 Å². The molecule has 1 aliphatic heterocycles. The Morgan fingerprint density at radius 3 is 2.87 bits per heavy atom. The lowest BCUT2D eigenvalue weighted by atomic mass is 10.0. The Morgan fingerprint density at radius 2 is 2.27 bits per heavy atom. The summed E-state index contributed by atoms with van der Waals surface area (Å²) in [4.78, 5) is 2.64. The molecule has 0 aromatic rings. The van der Waals surface area contributed by atoms with E-state index in [4.69, 9.17) is 4.74 Å². The Labute approximate surface area is 94.2 Å². The Kier molecular flexibility index (Phi) is 5.58. The van der Waals surface area contributed by atoms with Crippen molar-refractivity contribution in [2.24, 2.45) is 0 Å². The van der Waals surface area contributed by atoms with Crippen LogP contribution in [0, 0.1) is 0 Å². The predicted octanol–water partition coefficient (Wildman–Crippen LogP) is 1.48. The van der Waals surface area contributed by atoms with E-state index in [1.54, 1.807) is 7.11 Å². The van der Waals surface area contributed by atoms with E-state index in [0.717, 1.165) is 19.6 Å². The van der Waals surface area contributed by atoms with Gasteiger partial charge in [0.1, 0.15) is 0 Å². The van der Waals surface area contributed by atoms with Crippen LogP contribution in [0.4, 0.5) is 0 Å². The second kappa shape index (κ2) is 6.46. The largest absolute Gasteiger partial charge is 0.385 e. The van der Waals surface area contributed by atoms with Crippen molar-refractivity contribution in [3.05, 3.63) is 0 Å². The van der Waals surface area contributed by atoms with Crippen LogP contribution in [0.1, 0.15) is 33.6 Å². The highest BCUT2D eigenvalue weighted by Gasteiger charge is 2.27. The summed E-state index contributed by atoms with van der Waals surface area (Å²) in [7, 11) is 1.78. The molecule has 90 valence electrons. The molecule has 0 aliphatic carbocycles. The zero-order valence-electron chi connectivity index (χ0n) is 10.6. The number of nitrogens with one attached hydrogen (secondary N) is 1. The van der Waals surface area contributed by atoms with Crippen molar-refractivity contribution in [1.29, 1.82) is 0 Å². The van der Waals surface area contributed by atoms with E-state index in [2.05, 4.69) is 31.0 Å². The first-order valence-corrected chi connectivity index (χ1v) is 6.17. The van der Waals surface area contributed by atoms with Gasteiger partial charge >= 0.3 is 0 Å². The molecule has 0 aromatic heterocycles. The average molecular weight is 214 g/mol. The molecule has 1 fully saturated rings. The van der Waals surface area contributed by atoms with E-state index in [9.17, 15) is 0 Å². The molecule has 1 aliphatic rings. The molecular weight excluding hydrogens is 188 g/mol. The smallest absolute Gasteiger partial charge is 0.0477 e. The van der Waals surface area contributed by atoms with Crippen LogP contribution >= 0.6 is 0 Å². The van der Waals surface area contributed by atoms with Crippen molar-refractivity contribution in [2.45, 2.75) is 51.7 Å². The number of piperazine rings is 1. The molecule has 0 radical (unpaired) electrons. The van der Waals surface area contributed by atoms with Crippen LogP contribution in [0.2, 0.25) is 0 Å². The minimum atomic E-state index is 0.623. The van der Waals surface area contributed by atoms with Crippen LogP contribution in [0.5, 0.6) is 0 Å². The van der Waals surface area contributed by atoms with Gasteiger partial charge in [0, 0.05) is 44.9 Å². The zero-order valence-corrected chi connectivity index (χ0v) is 10.6. The third-order valence-corrected chi connectivity index (χ3v) is 3.43. The third-order valence-electron chi connectivity index (χ3n) is 3.43. The minimum Gasteiger partial charge on any atom is -0.385 e. The second-order valence-corrected chi connectivity index (χ2v) is 4.70. The van der Waals surface area contributed by atoms with Gasteiger partial charge in [-0.3, -0.25) is 4.90 Å². The molecule has 1 N–H and O–H groups in total. The Morgan fingerprint density at radius 1 is 1.53 bits per heavy atom. The molecule has 3 heteroatoms. The van der Waals surface area contributed by atoms with Gasteiger partial charge in [-0.15, -0.1) is 0 Å². The predicted molar refractivity (Wildman–Crippen MR) is 64.2 cm³/mol. The van der Waals surface area contributed by atoms with Crippen molar-refractivity contribution >= 4 is 0 Å². The number of hydrogen-bond donors (Lipinski definition) is 1. The summed E-state index contributed by atoms with van der Waals surface area (Å²) in [5, 5.41) is 3.55. The zero-order chi connectivity index (χ0) is 11.3. The number of methoxy groups -OCH3 is 1. The first kappa shape index (κ1) is 12.9. The van der Waals surface area contributed by atoms with E-state index < -0.39 is 0 Å². The van der Waals surface area contributed by atoms with Crippen LogP contribution in [0.3, 0.4) is 0 Å². The topological polar surface area (TPSA) is 24.5 Å². The molecule has 0 aromatic carbocycles. The summed E-state index contributed by atoms with van der Waals surface area (Å²) >= 11 is 0. The summed E-state index contributed by atoms with van der Waals surface area (Å²) in [5.41, 5.74) is 0. The van der Waals surface area contributed by atoms with E-state index in [-0.39, 0.29) is 0 Å². The Balaban J connectivity index is 2.46. The maximum Gasteiger partial charge on any atom is 0.0477 e. The summed E-state index contributed by atoms with van der Waals surface area (Å²) in [6.07, 6.45) is 2.37. The molecular formula is C12H26N2O. The lowest BCUT2D eigenvalue weighted by Gasteiger charge is -2.42. The van der Waals surface area contributed by atoms with E-state index in [1.807, 2.05) is 0 Å². The van der Waals surface area contributed by atoms with Gasteiger partial charge in [0.15, 0.2) is 0 Å². The van der Waals surface area contributed by atoms with Crippen LogP contribution in [0.25, 0.3) is 0 Å². The molecule has 0 amide bonds. The van der Waals surface area contributed by atoms with Gasteiger partial charge in [-0.1, -0.05) is 6.92 Å². The van der Waals surface area contributed by atoms with Crippen molar-refractivity contribution in [3.63, 3.8) is 0 Å². The van der Waals surface area contributed by atoms with Crippen LogP contribution in [-0.2, 0) is 4.74 Å². The normalized spacial score (nSPS) is 30.4. The molecule has 0 saturated carbocycles. The number of nitrogens with zero attached hydrogens (tertiary/aromatic N) is 1. The summed E-state index contributed by atoms with van der Waals surface area (Å²) in [6, 6.07) is 1.96. The van der Waals surface area contributed by atoms with Gasteiger partial charge in [-0.25, -0.2) is 0 Å². The van der Waals surface area contributed by atoms with E-state index in [1.165, 1.54) is 13.0 Å². The molecule has 1 rings (SSSR count). The molecule has 1 saturated heterocycles. The highest BCUT2D eigenvalue weighted by molar-refractivity contribution is 4.86. The molecule has 0 bridgehead atoms. The van der Waals surface area contributed by atoms with Gasteiger partial charge in [-0.2, -0.15) is 0 Å². The quantitative estimate of drug-likeness (QED) is 0.750. The molecule has 0 spiro atoms. The lowest BCUT2D eigenvalue weighted by Crippen LogP contribution is -2.58. The number of ether oxygens (including phenoxy) is 1. The summed E-state index contributed by atoms with van der Waals surface area (Å²) in [6.45, 7) is 10.0. The minimum absolute atomic E-state index is 0.623. The highest BCUT2D eigenvalue weighted by atomic mass is 16.5. The first-order chi connectivity index (χ1) is 7.19. The van der Waals surface area contributed by atoms with Crippen molar-refractivity contribution in [2.75, 3.05) is 26.8 Å². The average Bonchev–Trinajstić information content (AvgIpc) is 2.25. The second-order valence-electron chi connectivity index (χ2n) is 4.70. The summed E-state index contributed by atoms with van der Waals surface area (Å²) in [5.74, 6) is 0. The van der Waals surface area contributed by atoms with Crippen LogP contribution in [0.15, 0.2) is 0 Å². The van der Waals surface area contributed by atoms with Gasteiger partial charge in [0.25, 0.3) is 0 Å². The van der Waals surface area contributed by atoms with Gasteiger partial charge in [0.2, 0.25) is 0 Å². The standard InChI is InChI=1S/C12H26N2O/c1-5-12-8-13-10(2)9-14(12)11(3)6-7-15-4/h10-13H,5-9H2,1-4H3. The maximum atomic E-state index is 5.16. The highest BCUT2D eigenvalue weighted by Crippen LogP contribution is 2.15. The van der Waals surface area contributed by atoms with Crippen molar-refractivity contribution < 1.29 is 4.74 Å². The number of hydrogen-bond acceptors (Lipinski definition) is 3. The van der Waals surface area contributed by atoms with E-state index >= 15 is 0 Å². The van der Waals surface area contributed by atoms with Crippen molar-refractivity contribution in [3.8, 4) is 0 Å². The van der Waals surface area contributed by atoms with E-state index in [0.29, 0.717) is 18.1 Å². The van der Waals surface area contributed by atoms with Crippen LogP contribution in [-0.4, -0.2) is 49.8 Å². The fourth-order valence-corrected chi connectivity index (χ4v) is 2.36. The van der Waals surface area contributed by atoms with Gasteiger partial charge in [0.05, 0.1) is 0 Å². The van der Waals surface area contributed by atoms with Gasteiger partial charge in [-0.05, 0) is 26.7 Å². The molecule has 3 nitrogen and oxygen atoms in total. The monoisotopic (exact) mass is 214 g/mol. The van der Waals surface area contributed by atoms with Crippen molar-refractivity contribution in [1.82, 2.24) is 10.2 Å². The summed E-state index contributed by atoms with van der Waals surface area (Å²) < 4.78 is 5.16. The lowest BCUT2D eigenvalue weighted by molar-refractivity contribution is 0.0693. The SMILES string of the molecule is CCC1CNC(C)CN1C(C)CCOC. The maximum absolute atomic E-state index is 5.16.